The first kappa shape index (κ1) is 43.8. The molecule has 0 aliphatic rings. The molecule has 6 aromatic carbocycles. The summed E-state index contributed by atoms with van der Waals surface area (Å²) in [4.78, 5) is 0. The molecule has 4 heteroatoms. The van der Waals surface area contributed by atoms with Crippen LogP contribution >= 0.6 is 0 Å². The third kappa shape index (κ3) is 13.3. The van der Waals surface area contributed by atoms with Crippen molar-refractivity contribution >= 4 is 0 Å². The molecule has 0 unspecified atom stereocenters. The molecule has 0 heterocycles. The van der Waals surface area contributed by atoms with Gasteiger partial charge in [-0.05, 0) is 47.4 Å². The number of aliphatic hydroxyl groups excluding tert-OH is 1. The van der Waals surface area contributed by atoms with Crippen LogP contribution in [0.2, 0.25) is 0 Å². The van der Waals surface area contributed by atoms with Crippen molar-refractivity contribution in [1.82, 2.24) is 0 Å². The molecule has 0 saturated heterocycles. The molecule has 0 aliphatic carbocycles. The fourth-order valence-corrected chi connectivity index (χ4v) is 5.60. The van der Waals surface area contributed by atoms with Gasteiger partial charge in [0.05, 0.1) is 0 Å². The van der Waals surface area contributed by atoms with E-state index in [9.17, 15) is 5.11 Å². The molecule has 0 amide bonds. The molecule has 0 aromatic heterocycles. The summed E-state index contributed by atoms with van der Waals surface area (Å²) in [6.07, 6.45) is -0.167. The number of aliphatic hydroxyl groups is 1. The standard InChI is InChI=1S/C15H16O.2C15H15.C3H8O.O.Ti/c1-15(2,12-8-4-3-5-9-12)13-10-6-7-11-14(13)16;2*1-15(2,13-9-5-3-6-10-13)14-11-7-4-8-12-14;1-3(2)4;;/h3-11,16H,1-2H3;2*3-11H,1-2H3;3-4H,1-2H3;;/q;2*-1;;;+2. The van der Waals surface area contributed by atoms with Gasteiger partial charge in [-0.25, -0.2) is 0 Å². The first-order chi connectivity index (χ1) is 24.8. The van der Waals surface area contributed by atoms with Gasteiger partial charge in [0.15, 0.2) is 0 Å². The molecule has 0 bridgehead atoms. The zero-order chi connectivity index (χ0) is 38.6. The number of phenolic OH excluding ortho intramolecular Hbond substituents is 1. The van der Waals surface area contributed by atoms with Crippen molar-refractivity contribution in [2.75, 3.05) is 0 Å². The van der Waals surface area contributed by atoms with E-state index in [-0.39, 0.29) is 22.3 Å². The Morgan fingerprint density at radius 2 is 0.750 bits per heavy atom. The minimum absolute atomic E-state index is 0.0303. The molecular weight excluding hydrogens is 672 g/mol. The van der Waals surface area contributed by atoms with Crippen LogP contribution < -0.4 is 0 Å². The molecule has 0 radical (unpaired) electrons. The van der Waals surface area contributed by atoms with Crippen LogP contribution in [-0.4, -0.2) is 16.3 Å². The molecule has 268 valence electrons. The molecule has 52 heavy (non-hydrogen) atoms. The van der Waals surface area contributed by atoms with Gasteiger partial charge in [-0.1, -0.05) is 151 Å². The van der Waals surface area contributed by atoms with Crippen LogP contribution in [-0.2, 0) is 40.0 Å². The van der Waals surface area contributed by atoms with Crippen LogP contribution in [0.3, 0.4) is 0 Å². The number of hydrogen-bond acceptors (Lipinski definition) is 3. The van der Waals surface area contributed by atoms with E-state index in [1.807, 2.05) is 72.8 Å². The topological polar surface area (TPSA) is 57.5 Å². The molecular formula is C48H54O3Ti. The van der Waals surface area contributed by atoms with E-state index in [0.717, 1.165) is 26.0 Å². The van der Waals surface area contributed by atoms with Gasteiger partial charge in [0.1, 0.15) is 5.75 Å². The second kappa shape index (κ2) is 21.8. The van der Waals surface area contributed by atoms with Crippen LogP contribution in [0.1, 0.15) is 88.8 Å². The van der Waals surface area contributed by atoms with Crippen molar-refractivity contribution in [3.8, 4) is 5.75 Å². The molecule has 0 saturated carbocycles. The summed E-state index contributed by atoms with van der Waals surface area (Å²) in [5.74, 6) is 0.358. The molecule has 0 atom stereocenters. The van der Waals surface area contributed by atoms with Gasteiger partial charge in [-0.15, -0.1) is 0 Å². The van der Waals surface area contributed by atoms with Gasteiger partial charge >= 0.3 is 23.7 Å². The Morgan fingerprint density at radius 1 is 0.462 bits per heavy atom. The monoisotopic (exact) mass is 726 g/mol. The van der Waals surface area contributed by atoms with Crippen LogP contribution in [0.5, 0.6) is 5.75 Å². The van der Waals surface area contributed by atoms with E-state index < -0.39 is 0 Å². The Kier molecular flexibility index (Phi) is 18.4. The second-order valence-corrected chi connectivity index (χ2v) is 14.1. The zero-order valence-electron chi connectivity index (χ0n) is 32.0. The number of aromatic hydroxyl groups is 1. The van der Waals surface area contributed by atoms with Gasteiger partial charge in [0.2, 0.25) is 0 Å². The summed E-state index contributed by atoms with van der Waals surface area (Å²) < 4.78 is 8.25. The van der Waals surface area contributed by atoms with E-state index in [4.69, 9.17) is 8.43 Å². The van der Waals surface area contributed by atoms with Gasteiger partial charge < -0.3 is 10.2 Å². The maximum absolute atomic E-state index is 9.91. The third-order valence-electron chi connectivity index (χ3n) is 8.83. The van der Waals surface area contributed by atoms with E-state index >= 15 is 0 Å². The number of hydrogen-bond donors (Lipinski definition) is 2. The number of benzene rings is 6. The Labute approximate surface area is 325 Å². The quantitative estimate of drug-likeness (QED) is 0.133. The van der Waals surface area contributed by atoms with Crippen molar-refractivity contribution in [2.45, 2.75) is 77.7 Å². The molecule has 3 nitrogen and oxygen atoms in total. The molecule has 6 rings (SSSR count). The summed E-state index contributed by atoms with van der Waals surface area (Å²) in [6, 6.07) is 61.8. The van der Waals surface area contributed by atoms with E-state index in [0.29, 0.717) is 5.75 Å². The predicted octanol–water partition coefficient (Wildman–Crippen LogP) is 11.6. The summed E-state index contributed by atoms with van der Waals surface area (Å²) in [5.41, 5.74) is 7.17. The second-order valence-electron chi connectivity index (χ2n) is 14.1. The molecule has 0 aliphatic heterocycles. The molecule has 0 fully saturated rings. The zero-order valence-corrected chi connectivity index (χ0v) is 33.5. The van der Waals surface area contributed by atoms with Crippen molar-refractivity contribution < 1.29 is 33.9 Å². The third-order valence-corrected chi connectivity index (χ3v) is 8.83. The van der Waals surface area contributed by atoms with Gasteiger partial charge in [-0.2, -0.15) is 71.8 Å². The predicted molar refractivity (Wildman–Crippen MR) is 212 cm³/mol. The average molecular weight is 727 g/mol. The summed E-state index contributed by atoms with van der Waals surface area (Å²) in [7, 11) is 0. The minimum atomic E-state index is -0.174. The van der Waals surface area contributed by atoms with E-state index in [1.165, 1.54) is 27.8 Å². The first-order valence-corrected chi connectivity index (χ1v) is 18.2. The Balaban J connectivity index is 0.000000251. The van der Waals surface area contributed by atoms with Gasteiger partial charge in [0, 0.05) is 17.1 Å². The van der Waals surface area contributed by atoms with Crippen LogP contribution in [0.25, 0.3) is 0 Å². The van der Waals surface area contributed by atoms with Crippen molar-refractivity contribution in [2.24, 2.45) is 0 Å². The summed E-state index contributed by atoms with van der Waals surface area (Å²) in [6.45, 7) is 16.6. The number of phenols is 1. The summed E-state index contributed by atoms with van der Waals surface area (Å²) in [5, 5.41) is 18.0. The van der Waals surface area contributed by atoms with Gasteiger partial charge in [-0.3, -0.25) is 0 Å². The Bertz CT molecular complexity index is 1630. The fourth-order valence-electron chi connectivity index (χ4n) is 5.60. The van der Waals surface area contributed by atoms with Crippen LogP contribution in [0.4, 0.5) is 0 Å². The maximum atomic E-state index is 9.91. The van der Waals surface area contributed by atoms with E-state index in [2.05, 4.69) is 139 Å². The SMILES string of the molecule is CC(C)(c1[c-]cccc1)c1ccccc1.CC(C)(c1[c-]cccc1)c1ccccc1.CC(C)(c1ccccc1)c1ccccc1O.CC(C)O.[O]=[Ti+2]. The van der Waals surface area contributed by atoms with Crippen molar-refractivity contribution in [3.05, 3.63) is 209 Å². The first-order valence-electron chi connectivity index (χ1n) is 17.6. The van der Waals surface area contributed by atoms with Crippen LogP contribution in [0, 0.1) is 12.1 Å². The molecule has 6 aromatic rings. The number of para-hydroxylation sites is 1. The normalized spacial score (nSPS) is 10.8. The van der Waals surface area contributed by atoms with Crippen molar-refractivity contribution in [1.29, 1.82) is 0 Å². The molecule has 0 spiro atoms. The Morgan fingerprint density at radius 3 is 1.06 bits per heavy atom. The van der Waals surface area contributed by atoms with Gasteiger partial charge in [0.25, 0.3) is 0 Å². The van der Waals surface area contributed by atoms with Crippen molar-refractivity contribution in [3.63, 3.8) is 0 Å². The average Bonchev–Trinajstić information content (AvgIpc) is 3.18. The summed E-state index contributed by atoms with van der Waals surface area (Å²) >= 11 is 0.750. The number of rotatable bonds is 6. The molecule has 2 N–H and O–H groups in total. The van der Waals surface area contributed by atoms with Crippen LogP contribution in [0.15, 0.2) is 164 Å². The fraction of sp³-hybridized carbons (Fsp3) is 0.250. The van der Waals surface area contributed by atoms with E-state index in [1.54, 1.807) is 19.9 Å². The Hall–Kier alpha value is -4.41.